The van der Waals surface area contributed by atoms with E-state index in [0.717, 1.165) is 5.56 Å². The van der Waals surface area contributed by atoms with Crippen molar-refractivity contribution in [3.8, 4) is 11.5 Å². The number of benzene rings is 2. The number of hydrogen-bond donors (Lipinski definition) is 3. The monoisotopic (exact) mass is 481 g/mol. The molecule has 2 aromatic carbocycles. The van der Waals surface area contributed by atoms with Crippen molar-refractivity contribution in [2.75, 3.05) is 13.7 Å². The number of carbonyl (C=O) groups is 2. The average molecular weight is 482 g/mol. The Kier molecular flexibility index (Phi) is 10.1. The highest BCUT2D eigenvalue weighted by atomic mass is 35.5. The van der Waals surface area contributed by atoms with Gasteiger partial charge in [-0.3, -0.25) is 25.8 Å². The van der Waals surface area contributed by atoms with Gasteiger partial charge in [0.25, 0.3) is 0 Å². The van der Waals surface area contributed by atoms with Gasteiger partial charge in [-0.15, -0.1) is 0 Å². The summed E-state index contributed by atoms with van der Waals surface area (Å²) in [5.74, 6) is 0.370. The van der Waals surface area contributed by atoms with E-state index in [4.69, 9.17) is 44.9 Å². The fourth-order valence-corrected chi connectivity index (χ4v) is 2.97. The predicted molar refractivity (Wildman–Crippen MR) is 125 cm³/mol. The number of para-hydroxylation sites is 1. The number of nitrogens with one attached hydrogen (secondary N) is 3. The molecule has 2 rings (SSSR count). The summed E-state index contributed by atoms with van der Waals surface area (Å²) in [4.78, 5) is 23.8. The molecule has 0 spiro atoms. The van der Waals surface area contributed by atoms with Gasteiger partial charge in [-0.2, -0.15) is 0 Å². The summed E-state index contributed by atoms with van der Waals surface area (Å²) >= 11 is 16.8. The van der Waals surface area contributed by atoms with E-state index in [1.807, 2.05) is 18.2 Å². The van der Waals surface area contributed by atoms with Gasteiger partial charge in [-0.1, -0.05) is 41.4 Å². The number of rotatable bonds is 8. The van der Waals surface area contributed by atoms with Gasteiger partial charge in [0.15, 0.2) is 5.11 Å². The normalized spacial score (nSPS) is 10.4. The Morgan fingerprint density at radius 1 is 1.10 bits per heavy atom. The van der Waals surface area contributed by atoms with Crippen molar-refractivity contribution in [3.05, 3.63) is 64.1 Å². The van der Waals surface area contributed by atoms with Gasteiger partial charge in [0.1, 0.15) is 11.5 Å². The van der Waals surface area contributed by atoms with Gasteiger partial charge in [0, 0.05) is 23.1 Å². The van der Waals surface area contributed by atoms with Crippen molar-refractivity contribution in [2.45, 2.75) is 12.8 Å². The minimum Gasteiger partial charge on any atom is -0.496 e. The third kappa shape index (κ3) is 8.84. The van der Waals surface area contributed by atoms with Crippen LogP contribution >= 0.6 is 35.4 Å². The second-order valence-electron chi connectivity index (χ2n) is 6.09. The summed E-state index contributed by atoms with van der Waals surface area (Å²) < 4.78 is 10.7. The maximum atomic E-state index is 12.0. The first-order chi connectivity index (χ1) is 14.9. The van der Waals surface area contributed by atoms with Crippen molar-refractivity contribution in [1.29, 1.82) is 0 Å². The van der Waals surface area contributed by atoms with Gasteiger partial charge in [0.2, 0.25) is 11.8 Å². The second-order valence-corrected chi connectivity index (χ2v) is 7.35. The van der Waals surface area contributed by atoms with Crippen LogP contribution < -0.4 is 25.6 Å². The molecule has 2 amide bonds. The molecule has 0 aromatic heterocycles. The lowest BCUT2D eigenvalue weighted by Gasteiger charge is -2.10. The zero-order valence-electron chi connectivity index (χ0n) is 16.6. The van der Waals surface area contributed by atoms with Crippen molar-refractivity contribution < 1.29 is 19.1 Å². The largest absolute Gasteiger partial charge is 0.496 e. The zero-order chi connectivity index (χ0) is 22.6. The number of methoxy groups -OCH3 is 1. The van der Waals surface area contributed by atoms with Crippen LogP contribution in [0.5, 0.6) is 11.5 Å². The first kappa shape index (κ1) is 24.5. The summed E-state index contributed by atoms with van der Waals surface area (Å²) in [6.45, 7) is 0.295. The molecule has 0 radical (unpaired) electrons. The quantitative estimate of drug-likeness (QED) is 0.229. The molecule has 0 aliphatic rings. The lowest BCUT2D eigenvalue weighted by Crippen LogP contribution is -2.48. The maximum Gasteiger partial charge on any atom is 0.250 e. The van der Waals surface area contributed by atoms with E-state index >= 15 is 0 Å². The molecule has 0 fully saturated rings. The standard InChI is InChI=1S/C21H21Cl2N3O4S/c1-29-17-6-3-2-5-14(17)8-11-19(27)24-21(31)26-25-20(28)7-4-12-30-18-10-9-15(22)13-16(18)23/h2-3,5-6,8-11,13H,4,7,12H2,1H3,(H,25,28)(H2,24,26,27,31). The molecule has 10 heteroatoms. The lowest BCUT2D eigenvalue weighted by atomic mass is 10.2. The van der Waals surface area contributed by atoms with E-state index in [1.54, 1.807) is 37.5 Å². The number of hydrazine groups is 1. The molecule has 0 atom stereocenters. The Hall–Kier alpha value is -2.81. The van der Waals surface area contributed by atoms with Crippen LogP contribution in [0.3, 0.4) is 0 Å². The van der Waals surface area contributed by atoms with Gasteiger partial charge in [-0.05, 0) is 49.0 Å². The zero-order valence-corrected chi connectivity index (χ0v) is 18.9. The first-order valence-corrected chi connectivity index (χ1v) is 10.3. The molecule has 0 aliphatic carbocycles. The Balaban J connectivity index is 1.65. The van der Waals surface area contributed by atoms with E-state index in [9.17, 15) is 9.59 Å². The minimum absolute atomic E-state index is 0.0350. The molecular formula is C21H21Cl2N3O4S. The van der Waals surface area contributed by atoms with Crippen LogP contribution in [0.4, 0.5) is 0 Å². The summed E-state index contributed by atoms with van der Waals surface area (Å²) in [5.41, 5.74) is 5.63. The molecule has 0 saturated carbocycles. The lowest BCUT2D eigenvalue weighted by molar-refractivity contribution is -0.122. The molecule has 3 N–H and O–H groups in total. The van der Waals surface area contributed by atoms with Crippen LogP contribution in [0.2, 0.25) is 10.0 Å². The molecule has 0 bridgehead atoms. The molecular weight excluding hydrogens is 461 g/mol. The first-order valence-electron chi connectivity index (χ1n) is 9.18. The highest BCUT2D eigenvalue weighted by molar-refractivity contribution is 7.80. The van der Waals surface area contributed by atoms with Crippen LogP contribution in [-0.2, 0) is 9.59 Å². The second kappa shape index (κ2) is 12.8. The minimum atomic E-state index is -0.453. The predicted octanol–water partition coefficient (Wildman–Crippen LogP) is 3.90. The molecule has 0 heterocycles. The van der Waals surface area contributed by atoms with E-state index in [1.165, 1.54) is 6.08 Å². The van der Waals surface area contributed by atoms with E-state index in [2.05, 4.69) is 16.2 Å². The van der Waals surface area contributed by atoms with Crippen molar-refractivity contribution >= 4 is 58.4 Å². The van der Waals surface area contributed by atoms with E-state index in [-0.39, 0.29) is 17.4 Å². The summed E-state index contributed by atoms with van der Waals surface area (Å²) in [7, 11) is 1.55. The average Bonchev–Trinajstić information content (AvgIpc) is 2.75. The van der Waals surface area contributed by atoms with Gasteiger partial charge >= 0.3 is 0 Å². The number of halogens is 2. The van der Waals surface area contributed by atoms with Crippen molar-refractivity contribution in [1.82, 2.24) is 16.2 Å². The van der Waals surface area contributed by atoms with Crippen LogP contribution in [0.15, 0.2) is 48.5 Å². The number of ether oxygens (including phenoxy) is 2. The maximum absolute atomic E-state index is 12.0. The molecule has 2 aromatic rings. The van der Waals surface area contributed by atoms with Crippen molar-refractivity contribution in [2.24, 2.45) is 0 Å². The van der Waals surface area contributed by atoms with Gasteiger partial charge in [-0.25, -0.2) is 0 Å². The highest BCUT2D eigenvalue weighted by Crippen LogP contribution is 2.27. The fraction of sp³-hybridized carbons (Fsp3) is 0.190. The SMILES string of the molecule is COc1ccccc1C=CC(=O)NC(=S)NNC(=O)CCCOc1ccc(Cl)cc1Cl. The number of thiocarbonyl (C=S) groups is 1. The Morgan fingerprint density at radius 3 is 2.61 bits per heavy atom. The smallest absolute Gasteiger partial charge is 0.250 e. The Morgan fingerprint density at radius 2 is 1.87 bits per heavy atom. The Bertz CT molecular complexity index is 969. The molecule has 0 aliphatic heterocycles. The molecule has 0 unspecified atom stereocenters. The summed E-state index contributed by atoms with van der Waals surface area (Å²) in [5, 5.41) is 3.31. The van der Waals surface area contributed by atoms with Gasteiger partial charge < -0.3 is 9.47 Å². The number of hydrogen-bond acceptors (Lipinski definition) is 5. The third-order valence-electron chi connectivity index (χ3n) is 3.81. The van der Waals surface area contributed by atoms with E-state index < -0.39 is 5.91 Å². The molecule has 0 saturated heterocycles. The molecule has 31 heavy (non-hydrogen) atoms. The van der Waals surface area contributed by atoms with E-state index in [0.29, 0.717) is 34.6 Å². The number of amides is 2. The van der Waals surface area contributed by atoms with Crippen LogP contribution in [-0.4, -0.2) is 30.6 Å². The Labute approximate surface area is 195 Å². The topological polar surface area (TPSA) is 88.7 Å². The summed E-state index contributed by atoms with van der Waals surface area (Å²) in [6.07, 6.45) is 3.55. The van der Waals surface area contributed by atoms with Gasteiger partial charge in [0.05, 0.1) is 18.7 Å². The molecule has 7 nitrogen and oxygen atoms in total. The summed E-state index contributed by atoms with van der Waals surface area (Å²) in [6, 6.07) is 12.2. The van der Waals surface area contributed by atoms with Crippen molar-refractivity contribution in [3.63, 3.8) is 0 Å². The highest BCUT2D eigenvalue weighted by Gasteiger charge is 2.06. The van der Waals surface area contributed by atoms with Crippen LogP contribution in [0.1, 0.15) is 18.4 Å². The molecule has 164 valence electrons. The third-order valence-corrected chi connectivity index (χ3v) is 4.54. The van der Waals surface area contributed by atoms with Crippen LogP contribution in [0, 0.1) is 0 Å². The fourth-order valence-electron chi connectivity index (χ4n) is 2.35. The number of carbonyl (C=O) groups excluding carboxylic acids is 2. The van der Waals surface area contributed by atoms with Crippen LogP contribution in [0.25, 0.3) is 6.08 Å².